The minimum atomic E-state index is -0.413. The van der Waals surface area contributed by atoms with Crippen LogP contribution in [0.25, 0.3) is 0 Å². The third kappa shape index (κ3) is 2.53. The van der Waals surface area contributed by atoms with Crippen molar-refractivity contribution < 1.29 is 9.59 Å². The van der Waals surface area contributed by atoms with Gasteiger partial charge in [-0.25, -0.2) is 0 Å². The number of carbonyl (C=O) groups is 2. The molecule has 2 atom stereocenters. The van der Waals surface area contributed by atoms with Crippen molar-refractivity contribution >= 4 is 11.8 Å². The summed E-state index contributed by atoms with van der Waals surface area (Å²) in [5.41, 5.74) is 1.18. The highest BCUT2D eigenvalue weighted by Crippen LogP contribution is 2.11. The molecule has 1 aliphatic rings. The second kappa shape index (κ2) is 5.21. The van der Waals surface area contributed by atoms with Crippen molar-refractivity contribution in [3.05, 3.63) is 35.9 Å². The van der Waals surface area contributed by atoms with E-state index < -0.39 is 6.04 Å². The Morgan fingerprint density at radius 1 is 1.17 bits per heavy atom. The summed E-state index contributed by atoms with van der Waals surface area (Å²) in [5.74, 6) is -0.0757. The molecule has 0 bridgehead atoms. The Morgan fingerprint density at radius 3 is 2.50 bits per heavy atom. The minimum Gasteiger partial charge on any atom is -0.343 e. The second-order valence-corrected chi connectivity index (χ2v) is 4.67. The predicted octanol–water partition coefficient (Wildman–Crippen LogP) is 0.964. The summed E-state index contributed by atoms with van der Waals surface area (Å²) in [4.78, 5) is 25.3. The molecule has 1 saturated heterocycles. The number of hydrogen-bond acceptors (Lipinski definition) is 2. The molecular formula is C14H18N2O2. The van der Waals surface area contributed by atoms with Crippen LogP contribution in [0.2, 0.25) is 0 Å². The van der Waals surface area contributed by atoms with Crippen molar-refractivity contribution in [1.29, 1.82) is 0 Å². The SMILES string of the molecule is CC1NC(=O)C(C)N(CCc2ccccc2)C1=O. The molecule has 1 aromatic carbocycles. The maximum Gasteiger partial charge on any atom is 0.245 e. The van der Waals surface area contributed by atoms with Crippen molar-refractivity contribution in [3.8, 4) is 0 Å². The van der Waals surface area contributed by atoms with Crippen LogP contribution < -0.4 is 5.32 Å². The number of hydrogen-bond donors (Lipinski definition) is 1. The zero-order valence-electron chi connectivity index (χ0n) is 10.7. The Hall–Kier alpha value is -1.84. The Balaban J connectivity index is 2.02. The quantitative estimate of drug-likeness (QED) is 0.863. The van der Waals surface area contributed by atoms with Crippen molar-refractivity contribution in [2.24, 2.45) is 0 Å². The lowest BCUT2D eigenvalue weighted by Gasteiger charge is -2.36. The van der Waals surface area contributed by atoms with Gasteiger partial charge in [0.1, 0.15) is 12.1 Å². The average molecular weight is 246 g/mol. The van der Waals surface area contributed by atoms with Crippen LogP contribution in [0.3, 0.4) is 0 Å². The molecule has 96 valence electrons. The number of nitrogens with zero attached hydrogens (tertiary/aromatic N) is 1. The van der Waals surface area contributed by atoms with Crippen LogP contribution in [0.4, 0.5) is 0 Å². The molecule has 2 amide bonds. The lowest BCUT2D eigenvalue weighted by molar-refractivity contribution is -0.148. The van der Waals surface area contributed by atoms with E-state index in [0.717, 1.165) is 6.42 Å². The highest BCUT2D eigenvalue weighted by molar-refractivity contribution is 5.96. The topological polar surface area (TPSA) is 49.4 Å². The molecule has 18 heavy (non-hydrogen) atoms. The van der Waals surface area contributed by atoms with Gasteiger partial charge in [0.2, 0.25) is 11.8 Å². The maximum atomic E-state index is 12.0. The third-order valence-electron chi connectivity index (χ3n) is 3.34. The zero-order valence-corrected chi connectivity index (χ0v) is 10.7. The highest BCUT2D eigenvalue weighted by atomic mass is 16.2. The van der Waals surface area contributed by atoms with E-state index in [9.17, 15) is 9.59 Å². The van der Waals surface area contributed by atoms with Gasteiger partial charge in [-0.15, -0.1) is 0 Å². The van der Waals surface area contributed by atoms with E-state index in [1.54, 1.807) is 18.7 Å². The molecule has 2 rings (SSSR count). The average Bonchev–Trinajstić information content (AvgIpc) is 2.38. The third-order valence-corrected chi connectivity index (χ3v) is 3.34. The first-order valence-corrected chi connectivity index (χ1v) is 6.24. The van der Waals surface area contributed by atoms with E-state index >= 15 is 0 Å². The lowest BCUT2D eigenvalue weighted by atomic mass is 10.1. The van der Waals surface area contributed by atoms with Gasteiger partial charge in [-0.05, 0) is 25.8 Å². The highest BCUT2D eigenvalue weighted by Gasteiger charge is 2.35. The molecule has 0 spiro atoms. The number of piperazine rings is 1. The van der Waals surface area contributed by atoms with Crippen LogP contribution in [0.1, 0.15) is 19.4 Å². The van der Waals surface area contributed by atoms with Gasteiger partial charge < -0.3 is 10.2 Å². The fraction of sp³-hybridized carbons (Fsp3) is 0.429. The molecule has 1 aliphatic heterocycles. The lowest BCUT2D eigenvalue weighted by Crippen LogP contribution is -2.61. The molecule has 0 radical (unpaired) electrons. The Morgan fingerprint density at radius 2 is 1.83 bits per heavy atom. The van der Waals surface area contributed by atoms with E-state index in [1.807, 2.05) is 30.3 Å². The zero-order chi connectivity index (χ0) is 13.1. The Bertz CT molecular complexity index is 444. The summed E-state index contributed by atoms with van der Waals surface area (Å²) in [6, 6.07) is 9.19. The van der Waals surface area contributed by atoms with Crippen molar-refractivity contribution in [1.82, 2.24) is 10.2 Å². The van der Waals surface area contributed by atoms with Gasteiger partial charge in [0.05, 0.1) is 0 Å². The predicted molar refractivity (Wildman–Crippen MR) is 68.9 cm³/mol. The smallest absolute Gasteiger partial charge is 0.245 e. The van der Waals surface area contributed by atoms with Crippen molar-refractivity contribution in [3.63, 3.8) is 0 Å². The van der Waals surface area contributed by atoms with Gasteiger partial charge in [-0.1, -0.05) is 30.3 Å². The first-order valence-electron chi connectivity index (χ1n) is 6.24. The van der Waals surface area contributed by atoms with E-state index in [2.05, 4.69) is 5.32 Å². The molecule has 1 N–H and O–H groups in total. The molecule has 1 fully saturated rings. The van der Waals surface area contributed by atoms with Crippen LogP contribution in [-0.4, -0.2) is 35.3 Å². The summed E-state index contributed by atoms with van der Waals surface area (Å²) in [5, 5.41) is 2.68. The normalized spacial score (nSPS) is 24.0. The summed E-state index contributed by atoms with van der Waals surface area (Å²) < 4.78 is 0. The number of rotatable bonds is 3. The fourth-order valence-corrected chi connectivity index (χ4v) is 2.17. The van der Waals surface area contributed by atoms with Gasteiger partial charge in [-0.2, -0.15) is 0 Å². The number of amides is 2. The van der Waals surface area contributed by atoms with E-state index in [0.29, 0.717) is 6.54 Å². The number of nitrogens with one attached hydrogen (secondary N) is 1. The summed E-state index contributed by atoms with van der Waals surface area (Å²) in [6.45, 7) is 4.08. The number of benzene rings is 1. The van der Waals surface area contributed by atoms with Gasteiger partial charge in [0.15, 0.2) is 0 Å². The van der Waals surface area contributed by atoms with Gasteiger partial charge in [0, 0.05) is 6.54 Å². The maximum absolute atomic E-state index is 12.0. The molecule has 4 nitrogen and oxygen atoms in total. The second-order valence-electron chi connectivity index (χ2n) is 4.67. The Labute approximate surface area is 107 Å². The van der Waals surface area contributed by atoms with Crippen LogP contribution in [0.5, 0.6) is 0 Å². The fourth-order valence-electron chi connectivity index (χ4n) is 2.17. The van der Waals surface area contributed by atoms with E-state index in [1.165, 1.54) is 5.56 Å². The first-order chi connectivity index (χ1) is 8.59. The molecular weight excluding hydrogens is 228 g/mol. The first kappa shape index (κ1) is 12.6. The minimum absolute atomic E-state index is 0.00182. The Kier molecular flexibility index (Phi) is 3.65. The monoisotopic (exact) mass is 246 g/mol. The summed E-state index contributed by atoms with van der Waals surface area (Å²) in [6.07, 6.45) is 0.775. The van der Waals surface area contributed by atoms with Crippen molar-refractivity contribution in [2.45, 2.75) is 32.4 Å². The van der Waals surface area contributed by atoms with Crippen LogP contribution in [-0.2, 0) is 16.0 Å². The van der Waals surface area contributed by atoms with Gasteiger partial charge >= 0.3 is 0 Å². The molecule has 1 heterocycles. The van der Waals surface area contributed by atoms with Gasteiger partial charge in [-0.3, -0.25) is 9.59 Å². The standard InChI is InChI=1S/C14H18N2O2/c1-10-14(18)16(11(2)13(17)15-10)9-8-12-6-4-3-5-7-12/h3-7,10-11H,8-9H2,1-2H3,(H,15,17). The van der Waals surface area contributed by atoms with E-state index in [-0.39, 0.29) is 17.9 Å². The largest absolute Gasteiger partial charge is 0.343 e. The van der Waals surface area contributed by atoms with Crippen LogP contribution in [0, 0.1) is 0 Å². The summed E-state index contributed by atoms with van der Waals surface area (Å²) >= 11 is 0. The van der Waals surface area contributed by atoms with Crippen LogP contribution in [0.15, 0.2) is 30.3 Å². The molecule has 0 aliphatic carbocycles. The molecule has 0 aromatic heterocycles. The number of carbonyl (C=O) groups excluding carboxylic acids is 2. The molecule has 1 aromatic rings. The van der Waals surface area contributed by atoms with Crippen LogP contribution >= 0.6 is 0 Å². The molecule has 4 heteroatoms. The molecule has 2 unspecified atom stereocenters. The van der Waals surface area contributed by atoms with Gasteiger partial charge in [0.25, 0.3) is 0 Å². The summed E-state index contributed by atoms with van der Waals surface area (Å²) in [7, 11) is 0. The molecule has 0 saturated carbocycles. The van der Waals surface area contributed by atoms with Crippen molar-refractivity contribution in [2.75, 3.05) is 6.54 Å². The van der Waals surface area contributed by atoms with E-state index in [4.69, 9.17) is 0 Å².